The van der Waals surface area contributed by atoms with Crippen molar-refractivity contribution in [1.82, 2.24) is 19.6 Å². The fourth-order valence-corrected chi connectivity index (χ4v) is 3.54. The Morgan fingerprint density at radius 1 is 1.28 bits per heavy atom. The molecule has 25 heavy (non-hydrogen) atoms. The molecule has 140 valence electrons. The molecule has 0 bridgehead atoms. The SMILES string of the molecule is CCOP(=O)(CO[C@@H](Cc1cnn2c(N)ncnc12)C(F)F)OCC. The van der Waals surface area contributed by atoms with Gasteiger partial charge in [0.15, 0.2) is 5.65 Å². The lowest BCUT2D eigenvalue weighted by Gasteiger charge is -2.21. The minimum absolute atomic E-state index is 0.0861. The minimum Gasteiger partial charge on any atom is -0.368 e. The van der Waals surface area contributed by atoms with Gasteiger partial charge in [-0.1, -0.05) is 0 Å². The molecule has 2 N–H and O–H groups in total. The Bertz CT molecular complexity index is 734. The first-order valence-corrected chi connectivity index (χ1v) is 9.34. The topological polar surface area (TPSA) is 114 Å². The summed E-state index contributed by atoms with van der Waals surface area (Å²) in [4.78, 5) is 7.75. The van der Waals surface area contributed by atoms with Crippen molar-refractivity contribution in [3.05, 3.63) is 18.1 Å². The van der Waals surface area contributed by atoms with Gasteiger partial charge in [-0.15, -0.1) is 0 Å². The van der Waals surface area contributed by atoms with Crippen LogP contribution >= 0.6 is 7.60 Å². The molecule has 0 fully saturated rings. The molecule has 0 amide bonds. The van der Waals surface area contributed by atoms with E-state index in [4.69, 9.17) is 19.5 Å². The van der Waals surface area contributed by atoms with Crippen molar-refractivity contribution in [3.63, 3.8) is 0 Å². The number of nitrogens with two attached hydrogens (primary N) is 1. The standard InChI is InChI=1S/C13H20F2N5O4P/c1-3-23-25(21,24-4-2)8-22-10(11(14)15)5-9-6-19-20-12(9)17-7-18-13(20)16/h6-7,10-11H,3-5,8H2,1-2H3,(H2,16,17,18)/t10-/m0/s1. The lowest BCUT2D eigenvalue weighted by atomic mass is 10.1. The molecule has 0 unspecified atom stereocenters. The van der Waals surface area contributed by atoms with Crippen LogP contribution in [0.5, 0.6) is 0 Å². The molecule has 2 aromatic rings. The zero-order valence-electron chi connectivity index (χ0n) is 13.8. The Labute approximate surface area is 143 Å². The molecule has 2 heterocycles. The number of fused-ring (bicyclic) bond motifs is 1. The van der Waals surface area contributed by atoms with E-state index < -0.39 is 26.5 Å². The number of alkyl halides is 2. The lowest BCUT2D eigenvalue weighted by Crippen LogP contribution is -2.26. The number of halogens is 2. The average molecular weight is 379 g/mol. The first-order chi connectivity index (χ1) is 11.9. The summed E-state index contributed by atoms with van der Waals surface area (Å²) in [6.07, 6.45) is -2.53. The van der Waals surface area contributed by atoms with E-state index in [9.17, 15) is 13.3 Å². The van der Waals surface area contributed by atoms with E-state index >= 15 is 0 Å². The van der Waals surface area contributed by atoms with Crippen LogP contribution in [0.2, 0.25) is 0 Å². The van der Waals surface area contributed by atoms with E-state index in [1.54, 1.807) is 13.8 Å². The quantitative estimate of drug-likeness (QED) is 0.625. The molecular formula is C13H20F2N5O4P. The summed E-state index contributed by atoms with van der Waals surface area (Å²) < 4.78 is 55.5. The number of nitrogens with zero attached hydrogens (tertiary/aromatic N) is 4. The normalized spacial score (nSPS) is 13.6. The molecule has 0 aliphatic carbocycles. The van der Waals surface area contributed by atoms with Crippen molar-refractivity contribution in [2.24, 2.45) is 0 Å². The van der Waals surface area contributed by atoms with E-state index in [-0.39, 0.29) is 25.6 Å². The van der Waals surface area contributed by atoms with Crippen LogP contribution < -0.4 is 5.73 Å². The number of hydrogen-bond donors (Lipinski definition) is 1. The summed E-state index contributed by atoms with van der Waals surface area (Å²) in [5.74, 6) is 0.0861. The number of nitrogen functional groups attached to an aromatic ring is 1. The first-order valence-electron chi connectivity index (χ1n) is 7.61. The molecule has 12 heteroatoms. The monoisotopic (exact) mass is 379 g/mol. The van der Waals surface area contributed by atoms with Crippen molar-refractivity contribution >= 4 is 19.2 Å². The third kappa shape index (κ3) is 4.91. The number of ether oxygens (including phenoxy) is 1. The third-order valence-corrected chi connectivity index (χ3v) is 4.97. The molecule has 0 radical (unpaired) electrons. The van der Waals surface area contributed by atoms with Crippen LogP contribution in [0.3, 0.4) is 0 Å². The van der Waals surface area contributed by atoms with Gasteiger partial charge in [-0.05, 0) is 13.8 Å². The molecule has 0 spiro atoms. The Morgan fingerprint density at radius 2 is 1.96 bits per heavy atom. The Morgan fingerprint density at radius 3 is 2.56 bits per heavy atom. The summed E-state index contributed by atoms with van der Waals surface area (Å²) >= 11 is 0. The van der Waals surface area contributed by atoms with Crippen LogP contribution in [0.1, 0.15) is 19.4 Å². The summed E-state index contributed by atoms with van der Waals surface area (Å²) in [5.41, 5.74) is 6.35. The van der Waals surface area contributed by atoms with Crippen molar-refractivity contribution in [1.29, 1.82) is 0 Å². The van der Waals surface area contributed by atoms with Crippen LogP contribution in [0.15, 0.2) is 12.5 Å². The molecule has 0 saturated carbocycles. The smallest absolute Gasteiger partial charge is 0.356 e. The van der Waals surface area contributed by atoms with Crippen LogP contribution in [-0.4, -0.2) is 51.7 Å². The predicted octanol–water partition coefficient (Wildman–Crippen LogP) is 2.12. The second-order valence-corrected chi connectivity index (χ2v) is 6.95. The lowest BCUT2D eigenvalue weighted by molar-refractivity contribution is -0.0443. The Kier molecular flexibility index (Phi) is 6.77. The maximum absolute atomic E-state index is 13.3. The maximum Gasteiger partial charge on any atom is 0.356 e. The van der Waals surface area contributed by atoms with Gasteiger partial charge in [0, 0.05) is 12.0 Å². The van der Waals surface area contributed by atoms with Gasteiger partial charge in [0.05, 0.1) is 19.4 Å². The van der Waals surface area contributed by atoms with Crippen LogP contribution in [0, 0.1) is 0 Å². The molecular weight excluding hydrogens is 359 g/mol. The summed E-state index contributed by atoms with van der Waals surface area (Å²) in [7, 11) is -3.58. The fraction of sp³-hybridized carbons (Fsp3) is 0.615. The van der Waals surface area contributed by atoms with Crippen molar-refractivity contribution < 1.29 is 27.1 Å². The minimum atomic E-state index is -3.58. The van der Waals surface area contributed by atoms with Crippen LogP contribution in [0.4, 0.5) is 14.7 Å². The van der Waals surface area contributed by atoms with Crippen LogP contribution in [-0.2, 0) is 24.8 Å². The van der Waals surface area contributed by atoms with Crippen molar-refractivity contribution in [3.8, 4) is 0 Å². The zero-order valence-corrected chi connectivity index (χ0v) is 14.7. The second kappa shape index (κ2) is 8.61. The van der Waals surface area contributed by atoms with Gasteiger partial charge in [0.1, 0.15) is 18.8 Å². The van der Waals surface area contributed by atoms with Gasteiger partial charge < -0.3 is 19.5 Å². The van der Waals surface area contributed by atoms with Gasteiger partial charge in [-0.25, -0.2) is 18.7 Å². The molecule has 0 aliphatic rings. The molecule has 0 aliphatic heterocycles. The fourth-order valence-electron chi connectivity index (χ4n) is 2.15. The molecule has 2 rings (SSSR count). The van der Waals surface area contributed by atoms with Gasteiger partial charge in [-0.3, -0.25) is 4.57 Å². The average Bonchev–Trinajstić information content (AvgIpc) is 2.96. The maximum atomic E-state index is 13.3. The highest BCUT2D eigenvalue weighted by molar-refractivity contribution is 7.53. The Hall–Kier alpha value is -1.68. The third-order valence-electron chi connectivity index (χ3n) is 3.20. The highest BCUT2D eigenvalue weighted by Crippen LogP contribution is 2.48. The van der Waals surface area contributed by atoms with E-state index in [1.165, 1.54) is 17.0 Å². The van der Waals surface area contributed by atoms with E-state index in [0.717, 1.165) is 0 Å². The zero-order chi connectivity index (χ0) is 18.4. The molecule has 9 nitrogen and oxygen atoms in total. The number of aromatic nitrogens is 4. The first kappa shape index (κ1) is 19.6. The molecule has 2 aromatic heterocycles. The number of hydrogen-bond acceptors (Lipinski definition) is 8. The number of anilines is 1. The number of rotatable bonds is 10. The van der Waals surface area contributed by atoms with Gasteiger partial charge in [0.25, 0.3) is 6.43 Å². The second-order valence-electron chi connectivity index (χ2n) is 4.96. The Balaban J connectivity index is 2.12. The van der Waals surface area contributed by atoms with E-state index in [1.807, 2.05) is 0 Å². The van der Waals surface area contributed by atoms with E-state index in [0.29, 0.717) is 11.2 Å². The van der Waals surface area contributed by atoms with Gasteiger partial charge in [0.2, 0.25) is 5.95 Å². The highest BCUT2D eigenvalue weighted by atomic mass is 31.2. The van der Waals surface area contributed by atoms with Crippen LogP contribution in [0.25, 0.3) is 5.65 Å². The molecule has 1 atom stereocenters. The highest BCUT2D eigenvalue weighted by Gasteiger charge is 2.30. The molecule has 0 saturated heterocycles. The summed E-state index contributed by atoms with van der Waals surface area (Å²) in [6, 6.07) is 0. The van der Waals surface area contributed by atoms with Gasteiger partial charge in [-0.2, -0.15) is 9.61 Å². The summed E-state index contributed by atoms with van der Waals surface area (Å²) in [6.45, 7) is 3.48. The van der Waals surface area contributed by atoms with Gasteiger partial charge >= 0.3 is 7.60 Å². The predicted molar refractivity (Wildman–Crippen MR) is 85.5 cm³/mol. The summed E-state index contributed by atoms with van der Waals surface area (Å²) in [5, 5.41) is 3.96. The van der Waals surface area contributed by atoms with Crippen molar-refractivity contribution in [2.75, 3.05) is 25.3 Å². The largest absolute Gasteiger partial charge is 0.368 e. The van der Waals surface area contributed by atoms with E-state index in [2.05, 4.69) is 15.1 Å². The van der Waals surface area contributed by atoms with Crippen molar-refractivity contribution in [2.45, 2.75) is 32.8 Å². The molecule has 0 aromatic carbocycles.